The van der Waals surface area contributed by atoms with Crippen LogP contribution in [0.3, 0.4) is 0 Å². The molecule has 0 bridgehead atoms. The van der Waals surface area contributed by atoms with E-state index in [0.29, 0.717) is 23.6 Å². The number of ketones is 2. The van der Waals surface area contributed by atoms with Crippen molar-refractivity contribution in [3.63, 3.8) is 0 Å². The number of fused-ring (bicyclic) bond motifs is 1. The maximum Gasteiger partial charge on any atom is 0.375 e. The molecule has 5 rings (SSSR count). The van der Waals surface area contributed by atoms with Crippen LogP contribution in [-0.2, 0) is 19.1 Å². The summed E-state index contributed by atoms with van der Waals surface area (Å²) in [4.78, 5) is 44.1. The van der Waals surface area contributed by atoms with E-state index >= 15 is 0 Å². The number of morpholine rings is 1. The van der Waals surface area contributed by atoms with Crippen LogP contribution in [0.1, 0.15) is 30.3 Å². The summed E-state index contributed by atoms with van der Waals surface area (Å²) < 4.78 is 16.0. The van der Waals surface area contributed by atoms with Gasteiger partial charge in [-0.25, -0.2) is 4.79 Å². The van der Waals surface area contributed by atoms with Crippen LogP contribution in [0.15, 0.2) is 70.2 Å². The molecule has 1 atom stereocenters. The molecule has 3 heterocycles. The number of Topliss-reactive ketones (excluding diaryl/α,β-unsaturated/α-hetero) is 2. The number of furan rings is 1. The molecule has 0 aromatic carbocycles. The van der Waals surface area contributed by atoms with Crippen molar-refractivity contribution in [2.45, 2.75) is 25.4 Å². The highest BCUT2D eigenvalue weighted by Gasteiger charge is 2.53. The maximum absolute atomic E-state index is 13.7. The molecule has 0 N–H and O–H groups in total. The second-order valence-corrected chi connectivity index (χ2v) is 9.12. The Kier molecular flexibility index (Phi) is 5.87. The average molecular weight is 465 g/mol. The largest absolute Gasteiger partial charge is 0.457 e. The first kappa shape index (κ1) is 22.6. The number of carbonyl (C=O) groups is 3. The average Bonchev–Trinajstić information content (AvgIpc) is 3.54. The molecule has 8 heteroatoms. The van der Waals surface area contributed by atoms with Gasteiger partial charge in [-0.3, -0.25) is 14.5 Å². The first-order chi connectivity index (χ1) is 16.4. The fourth-order valence-electron chi connectivity index (χ4n) is 4.68. The van der Waals surface area contributed by atoms with Crippen LogP contribution in [0.5, 0.6) is 0 Å². The van der Waals surface area contributed by atoms with Crippen molar-refractivity contribution < 1.29 is 28.3 Å². The minimum Gasteiger partial charge on any atom is -0.457 e. The lowest BCUT2D eigenvalue weighted by Gasteiger charge is -2.38. The highest BCUT2D eigenvalue weighted by atomic mass is 16.6. The van der Waals surface area contributed by atoms with Gasteiger partial charge in [0.15, 0.2) is 0 Å². The predicted molar refractivity (Wildman–Crippen MR) is 123 cm³/mol. The van der Waals surface area contributed by atoms with E-state index in [2.05, 4.69) is 16.4 Å². The van der Waals surface area contributed by atoms with Crippen LogP contribution in [0.4, 0.5) is 0 Å². The zero-order valence-electron chi connectivity index (χ0n) is 19.2. The summed E-state index contributed by atoms with van der Waals surface area (Å²) in [6.45, 7) is 9.92. The number of allylic oxidation sites excluding steroid dienone is 4. The summed E-state index contributed by atoms with van der Waals surface area (Å²) in [7, 11) is 0. The molecule has 34 heavy (non-hydrogen) atoms. The molecule has 2 aliphatic heterocycles. The third-order valence-corrected chi connectivity index (χ3v) is 6.82. The smallest absolute Gasteiger partial charge is 0.375 e. The van der Waals surface area contributed by atoms with Crippen molar-refractivity contribution in [1.82, 2.24) is 9.80 Å². The van der Waals surface area contributed by atoms with Crippen molar-refractivity contribution in [3.05, 3.63) is 71.5 Å². The van der Waals surface area contributed by atoms with Crippen LogP contribution in [0.25, 0.3) is 0 Å². The van der Waals surface area contributed by atoms with Crippen LogP contribution in [0, 0.1) is 5.92 Å². The Bertz CT molecular complexity index is 1120. The van der Waals surface area contributed by atoms with E-state index in [4.69, 9.17) is 13.9 Å². The lowest BCUT2D eigenvalue weighted by Crippen LogP contribution is -2.52. The van der Waals surface area contributed by atoms with Gasteiger partial charge in [0.1, 0.15) is 0 Å². The molecule has 1 aromatic heterocycles. The summed E-state index contributed by atoms with van der Waals surface area (Å²) in [6, 6.07) is 2.97. The Hall–Kier alpha value is -3.23. The SMILES string of the molecule is C=CC1=C2C=C(C3CC3)N(CCN3CCOCC3)C=C2C(=O)C(C)(OC(=O)c2ccco2)C1=O. The molecule has 1 saturated carbocycles. The van der Waals surface area contributed by atoms with Gasteiger partial charge in [-0.1, -0.05) is 12.7 Å². The second kappa shape index (κ2) is 8.85. The highest BCUT2D eigenvalue weighted by Crippen LogP contribution is 2.45. The van der Waals surface area contributed by atoms with Gasteiger partial charge in [0.05, 0.1) is 19.5 Å². The predicted octanol–water partition coefficient (Wildman–Crippen LogP) is 2.66. The zero-order chi connectivity index (χ0) is 23.9. The number of hydrogen-bond acceptors (Lipinski definition) is 8. The normalized spacial score (nSPS) is 25.6. The summed E-state index contributed by atoms with van der Waals surface area (Å²) >= 11 is 0. The van der Waals surface area contributed by atoms with Crippen molar-refractivity contribution in [2.24, 2.45) is 5.92 Å². The van der Waals surface area contributed by atoms with Gasteiger partial charge in [0.2, 0.25) is 22.9 Å². The van der Waals surface area contributed by atoms with Crippen LogP contribution < -0.4 is 0 Å². The standard InChI is InChI=1S/C26H28N2O6/c1-3-18-19-15-21(17-6-7-17)28(9-8-27-10-13-32-14-11-27)16-20(19)24(30)26(2,23(18)29)34-25(31)22-5-4-12-33-22/h3-5,12,15-17H,1,6-11,13-14H2,2H3. The Labute approximate surface area is 198 Å². The molecule has 0 amide bonds. The summed E-state index contributed by atoms with van der Waals surface area (Å²) in [6.07, 6.45) is 8.71. The van der Waals surface area contributed by atoms with Crippen molar-refractivity contribution in [2.75, 3.05) is 39.4 Å². The van der Waals surface area contributed by atoms with Gasteiger partial charge in [-0.15, -0.1) is 0 Å². The van der Waals surface area contributed by atoms with Crippen LogP contribution in [-0.4, -0.2) is 72.3 Å². The van der Waals surface area contributed by atoms with Gasteiger partial charge >= 0.3 is 5.97 Å². The Morgan fingerprint density at radius 2 is 2.00 bits per heavy atom. The van der Waals surface area contributed by atoms with E-state index in [1.165, 1.54) is 31.4 Å². The lowest BCUT2D eigenvalue weighted by molar-refractivity contribution is -0.145. The molecule has 1 saturated heterocycles. The zero-order valence-corrected chi connectivity index (χ0v) is 19.2. The number of rotatable bonds is 7. The number of hydrogen-bond donors (Lipinski definition) is 0. The van der Waals surface area contributed by atoms with Crippen LogP contribution in [0.2, 0.25) is 0 Å². The van der Waals surface area contributed by atoms with Gasteiger partial charge in [-0.2, -0.15) is 0 Å². The van der Waals surface area contributed by atoms with Gasteiger partial charge < -0.3 is 18.8 Å². The number of nitrogens with zero attached hydrogens (tertiary/aromatic N) is 2. The van der Waals surface area contributed by atoms with Crippen molar-refractivity contribution >= 4 is 17.5 Å². The molecule has 2 fully saturated rings. The van der Waals surface area contributed by atoms with Gasteiger partial charge in [-0.05, 0) is 49.5 Å². The van der Waals surface area contributed by atoms with Gasteiger partial charge in [0, 0.05) is 49.2 Å². The molecule has 2 aliphatic carbocycles. The second-order valence-electron chi connectivity index (χ2n) is 9.12. The van der Waals surface area contributed by atoms with E-state index in [1.54, 1.807) is 0 Å². The molecule has 178 valence electrons. The molecular formula is C26H28N2O6. The van der Waals surface area contributed by atoms with E-state index in [0.717, 1.165) is 51.4 Å². The fourth-order valence-corrected chi connectivity index (χ4v) is 4.68. The number of ether oxygens (including phenoxy) is 2. The first-order valence-electron chi connectivity index (χ1n) is 11.7. The maximum atomic E-state index is 13.7. The van der Waals surface area contributed by atoms with E-state index in [-0.39, 0.29) is 11.3 Å². The quantitative estimate of drug-likeness (QED) is 0.450. The Morgan fingerprint density at radius 3 is 2.65 bits per heavy atom. The van der Waals surface area contributed by atoms with Crippen molar-refractivity contribution in [1.29, 1.82) is 0 Å². The molecular weight excluding hydrogens is 436 g/mol. The van der Waals surface area contributed by atoms with Crippen molar-refractivity contribution in [3.8, 4) is 0 Å². The third-order valence-electron chi connectivity index (χ3n) is 6.82. The summed E-state index contributed by atoms with van der Waals surface area (Å²) in [5.74, 6) is -1.64. The minimum absolute atomic E-state index is 0.0718. The molecule has 0 spiro atoms. The third kappa shape index (κ3) is 3.97. The Morgan fingerprint density at radius 1 is 1.24 bits per heavy atom. The van der Waals surface area contributed by atoms with E-state index in [9.17, 15) is 14.4 Å². The minimum atomic E-state index is -2.00. The number of esters is 1. The summed E-state index contributed by atoms with van der Waals surface area (Å²) in [5, 5.41) is 0. The fraction of sp³-hybridized carbons (Fsp3) is 0.423. The first-order valence-corrected chi connectivity index (χ1v) is 11.7. The van der Waals surface area contributed by atoms with E-state index in [1.807, 2.05) is 12.3 Å². The lowest BCUT2D eigenvalue weighted by atomic mass is 9.75. The topological polar surface area (TPSA) is 89.3 Å². The van der Waals surface area contributed by atoms with Crippen LogP contribution >= 0.6 is 0 Å². The highest BCUT2D eigenvalue weighted by molar-refractivity contribution is 6.29. The summed E-state index contributed by atoms with van der Waals surface area (Å²) in [5.41, 5.74) is 0.315. The van der Waals surface area contributed by atoms with E-state index < -0.39 is 23.1 Å². The molecule has 8 nitrogen and oxygen atoms in total. The van der Waals surface area contributed by atoms with Gasteiger partial charge in [0.25, 0.3) is 0 Å². The molecule has 1 unspecified atom stereocenters. The number of carbonyl (C=O) groups excluding carboxylic acids is 3. The monoisotopic (exact) mass is 464 g/mol. The Balaban J connectivity index is 1.48. The molecule has 4 aliphatic rings. The molecule has 0 radical (unpaired) electrons. The molecule has 1 aromatic rings.